The summed E-state index contributed by atoms with van der Waals surface area (Å²) in [5.74, 6) is 0.136. The first-order valence-electron chi connectivity index (χ1n) is 9.89. The number of benzene rings is 2. The van der Waals surface area contributed by atoms with Gasteiger partial charge in [0, 0.05) is 35.3 Å². The highest BCUT2D eigenvalue weighted by atomic mass is 35.5. The summed E-state index contributed by atoms with van der Waals surface area (Å²) < 4.78 is 1.99. The first-order chi connectivity index (χ1) is 14.7. The van der Waals surface area contributed by atoms with Crippen LogP contribution in [0.2, 0.25) is 5.02 Å². The van der Waals surface area contributed by atoms with Gasteiger partial charge >= 0.3 is 0 Å². The number of thiazole rings is 1. The van der Waals surface area contributed by atoms with Crippen molar-refractivity contribution in [1.82, 2.24) is 14.5 Å². The predicted molar refractivity (Wildman–Crippen MR) is 122 cm³/mol. The van der Waals surface area contributed by atoms with E-state index < -0.39 is 0 Å². The molecule has 0 atom stereocenters. The van der Waals surface area contributed by atoms with E-state index >= 15 is 0 Å². The van der Waals surface area contributed by atoms with Gasteiger partial charge < -0.3 is 9.47 Å². The Balaban J connectivity index is 1.33. The topological polar surface area (TPSA) is 38.1 Å². The van der Waals surface area contributed by atoms with Gasteiger partial charge in [0.25, 0.3) is 0 Å². The molecule has 1 amide bonds. The molecule has 0 fully saturated rings. The van der Waals surface area contributed by atoms with Gasteiger partial charge in [0.05, 0.1) is 11.4 Å². The molecular formula is C24H20ClN3OS. The summed E-state index contributed by atoms with van der Waals surface area (Å²) >= 11 is 7.57. The quantitative estimate of drug-likeness (QED) is 0.425. The normalized spacial score (nSPS) is 13.3. The molecule has 4 aromatic rings. The maximum absolute atomic E-state index is 13.0. The fourth-order valence-electron chi connectivity index (χ4n) is 3.85. The average Bonchev–Trinajstić information content (AvgIpc) is 3.43. The van der Waals surface area contributed by atoms with Crippen LogP contribution in [-0.4, -0.2) is 26.9 Å². The molecular weight excluding hydrogens is 414 g/mol. The van der Waals surface area contributed by atoms with E-state index in [-0.39, 0.29) is 5.91 Å². The van der Waals surface area contributed by atoms with Crippen LogP contribution in [0.4, 0.5) is 0 Å². The smallest absolute Gasteiger partial charge is 0.242 e. The van der Waals surface area contributed by atoms with E-state index in [1.165, 1.54) is 11.1 Å². The molecule has 0 unspecified atom stereocenters. The average molecular weight is 434 g/mol. The molecule has 150 valence electrons. The molecule has 4 nitrogen and oxygen atoms in total. The van der Waals surface area contributed by atoms with E-state index in [0.717, 1.165) is 34.9 Å². The van der Waals surface area contributed by atoms with Crippen LogP contribution in [0.15, 0.2) is 72.2 Å². The molecule has 5 rings (SSSR count). The van der Waals surface area contributed by atoms with Crippen LogP contribution >= 0.6 is 22.9 Å². The zero-order valence-electron chi connectivity index (χ0n) is 16.3. The van der Waals surface area contributed by atoms with Gasteiger partial charge in [-0.15, -0.1) is 11.3 Å². The number of amides is 1. The maximum Gasteiger partial charge on any atom is 0.242 e. The van der Waals surface area contributed by atoms with Crippen molar-refractivity contribution in [3.8, 4) is 22.0 Å². The third kappa shape index (κ3) is 3.78. The van der Waals surface area contributed by atoms with Crippen LogP contribution in [0.3, 0.4) is 0 Å². The molecule has 1 aliphatic heterocycles. The van der Waals surface area contributed by atoms with Crippen molar-refractivity contribution in [3.05, 3.63) is 88.4 Å². The van der Waals surface area contributed by atoms with Crippen molar-refractivity contribution in [2.45, 2.75) is 19.5 Å². The summed E-state index contributed by atoms with van der Waals surface area (Å²) in [6, 6.07) is 20.0. The molecule has 30 heavy (non-hydrogen) atoms. The number of nitrogens with zero attached hydrogens (tertiary/aromatic N) is 3. The van der Waals surface area contributed by atoms with Gasteiger partial charge in [-0.05, 0) is 41.8 Å². The second-order valence-corrected chi connectivity index (χ2v) is 8.69. The summed E-state index contributed by atoms with van der Waals surface area (Å²) in [6.07, 6.45) is 2.87. The molecule has 0 saturated heterocycles. The highest BCUT2D eigenvalue weighted by Crippen LogP contribution is 2.30. The number of carbonyl (C=O) groups excluding carboxylic acids is 1. The zero-order valence-corrected chi connectivity index (χ0v) is 17.9. The minimum absolute atomic E-state index is 0.136. The van der Waals surface area contributed by atoms with Gasteiger partial charge in [-0.25, -0.2) is 4.98 Å². The lowest BCUT2D eigenvalue weighted by molar-refractivity contribution is -0.132. The van der Waals surface area contributed by atoms with Crippen molar-refractivity contribution in [1.29, 1.82) is 0 Å². The molecule has 3 heterocycles. The van der Waals surface area contributed by atoms with E-state index in [4.69, 9.17) is 16.6 Å². The van der Waals surface area contributed by atoms with Gasteiger partial charge in [0.2, 0.25) is 5.91 Å². The standard InChI is InChI=1S/C24H20ClN3OS/c25-20-9-7-18(8-10-20)21-16-30-24(26-21)22-6-3-12-27(22)15-23(29)28-13-11-17-4-1-2-5-19(17)14-28/h1-10,12,16H,11,13-15H2. The van der Waals surface area contributed by atoms with E-state index in [0.29, 0.717) is 18.1 Å². The Morgan fingerprint density at radius 3 is 2.67 bits per heavy atom. The summed E-state index contributed by atoms with van der Waals surface area (Å²) in [4.78, 5) is 19.7. The van der Waals surface area contributed by atoms with E-state index in [2.05, 4.69) is 18.2 Å². The second kappa shape index (κ2) is 8.09. The molecule has 2 aromatic carbocycles. The number of rotatable bonds is 4. The minimum atomic E-state index is 0.136. The molecule has 0 spiro atoms. The monoisotopic (exact) mass is 433 g/mol. The van der Waals surface area contributed by atoms with Crippen molar-refractivity contribution in [2.75, 3.05) is 6.54 Å². The molecule has 0 saturated carbocycles. The van der Waals surface area contributed by atoms with Crippen LogP contribution in [0.1, 0.15) is 11.1 Å². The highest BCUT2D eigenvalue weighted by Gasteiger charge is 2.21. The van der Waals surface area contributed by atoms with Crippen LogP contribution in [0.25, 0.3) is 22.0 Å². The number of halogens is 1. The minimum Gasteiger partial charge on any atom is -0.336 e. The fraction of sp³-hybridized carbons (Fsp3) is 0.167. The van der Waals surface area contributed by atoms with Crippen molar-refractivity contribution in [3.63, 3.8) is 0 Å². The Kier molecular flexibility index (Phi) is 5.15. The largest absolute Gasteiger partial charge is 0.336 e. The third-order valence-corrected chi connectivity index (χ3v) is 6.60. The van der Waals surface area contributed by atoms with Crippen molar-refractivity contribution >= 4 is 28.8 Å². The van der Waals surface area contributed by atoms with Crippen LogP contribution in [0.5, 0.6) is 0 Å². The summed E-state index contributed by atoms with van der Waals surface area (Å²) in [5, 5.41) is 3.66. The van der Waals surface area contributed by atoms with E-state index in [1.54, 1.807) is 11.3 Å². The molecule has 0 bridgehead atoms. The number of fused-ring (bicyclic) bond motifs is 1. The number of hydrogen-bond acceptors (Lipinski definition) is 3. The first-order valence-corrected chi connectivity index (χ1v) is 11.1. The Morgan fingerprint density at radius 2 is 1.83 bits per heavy atom. The second-order valence-electron chi connectivity index (χ2n) is 7.40. The Bertz CT molecular complexity index is 1200. The number of carbonyl (C=O) groups is 1. The first kappa shape index (κ1) is 19.1. The van der Waals surface area contributed by atoms with Gasteiger partial charge in [0.15, 0.2) is 0 Å². The van der Waals surface area contributed by atoms with Crippen molar-refractivity contribution < 1.29 is 4.79 Å². The van der Waals surface area contributed by atoms with E-state index in [9.17, 15) is 4.79 Å². The van der Waals surface area contributed by atoms with Gasteiger partial charge in [-0.3, -0.25) is 4.79 Å². The lowest BCUT2D eigenvalue weighted by atomic mass is 10.00. The molecule has 2 aromatic heterocycles. The predicted octanol–water partition coefficient (Wildman–Crippen LogP) is 5.52. The summed E-state index contributed by atoms with van der Waals surface area (Å²) in [5.41, 5.74) is 5.51. The van der Waals surface area contributed by atoms with Crippen molar-refractivity contribution in [2.24, 2.45) is 0 Å². The molecule has 6 heteroatoms. The summed E-state index contributed by atoms with van der Waals surface area (Å²) in [7, 11) is 0. The van der Waals surface area contributed by atoms with Crippen LogP contribution in [-0.2, 0) is 24.3 Å². The molecule has 0 N–H and O–H groups in total. The molecule has 1 aliphatic rings. The van der Waals surface area contributed by atoms with E-state index in [1.807, 2.05) is 63.5 Å². The number of aromatic nitrogens is 2. The number of hydrogen-bond donors (Lipinski definition) is 0. The van der Waals surface area contributed by atoms with Crippen LogP contribution in [0, 0.1) is 0 Å². The Hall–Kier alpha value is -2.89. The lowest BCUT2D eigenvalue weighted by Crippen LogP contribution is -2.38. The van der Waals surface area contributed by atoms with Gasteiger partial charge in [0.1, 0.15) is 11.6 Å². The molecule has 0 aliphatic carbocycles. The fourth-order valence-corrected chi connectivity index (χ4v) is 4.84. The van der Waals surface area contributed by atoms with Crippen LogP contribution < -0.4 is 0 Å². The molecule has 0 radical (unpaired) electrons. The lowest BCUT2D eigenvalue weighted by Gasteiger charge is -2.29. The Morgan fingerprint density at radius 1 is 1.03 bits per heavy atom. The summed E-state index contributed by atoms with van der Waals surface area (Å²) in [6.45, 7) is 1.77. The highest BCUT2D eigenvalue weighted by molar-refractivity contribution is 7.13. The Labute approximate surface area is 184 Å². The zero-order chi connectivity index (χ0) is 20.5. The van der Waals surface area contributed by atoms with Gasteiger partial charge in [-0.1, -0.05) is 48.0 Å². The third-order valence-electron chi connectivity index (χ3n) is 5.48. The van der Waals surface area contributed by atoms with Gasteiger partial charge in [-0.2, -0.15) is 0 Å². The maximum atomic E-state index is 13.0. The SMILES string of the molecule is O=C(Cn1cccc1-c1nc(-c2ccc(Cl)cc2)cs1)N1CCc2ccccc2C1.